The molecule has 1 aromatic rings. The van der Waals surface area contributed by atoms with Crippen LogP contribution in [0.25, 0.3) is 0 Å². The molecule has 1 saturated heterocycles. The third-order valence-corrected chi connectivity index (χ3v) is 5.20. The van der Waals surface area contributed by atoms with Crippen LogP contribution in [0.15, 0.2) is 4.47 Å². The second kappa shape index (κ2) is 5.85. The van der Waals surface area contributed by atoms with Gasteiger partial charge in [-0.25, -0.2) is 0 Å². The first-order chi connectivity index (χ1) is 8.17. The van der Waals surface area contributed by atoms with E-state index < -0.39 is 0 Å². The van der Waals surface area contributed by atoms with Crippen LogP contribution in [0.3, 0.4) is 0 Å². The van der Waals surface area contributed by atoms with Gasteiger partial charge in [-0.15, -0.1) is 0 Å². The summed E-state index contributed by atoms with van der Waals surface area (Å²) in [5.74, 6) is 0. The highest BCUT2D eigenvalue weighted by Gasteiger charge is 2.25. The van der Waals surface area contributed by atoms with E-state index in [-0.39, 0.29) is 0 Å². The van der Waals surface area contributed by atoms with Crippen molar-refractivity contribution in [3.8, 4) is 0 Å². The van der Waals surface area contributed by atoms with E-state index >= 15 is 0 Å². The van der Waals surface area contributed by atoms with Crippen LogP contribution in [0.2, 0.25) is 0 Å². The van der Waals surface area contributed by atoms with Gasteiger partial charge in [0.15, 0.2) is 0 Å². The molecule has 2 rings (SSSR count). The summed E-state index contributed by atoms with van der Waals surface area (Å²) >= 11 is 7.30. The summed E-state index contributed by atoms with van der Waals surface area (Å²) in [4.78, 5) is 2.55. The lowest BCUT2D eigenvalue weighted by Gasteiger charge is -2.22. The number of aromatic nitrogens is 2. The van der Waals surface area contributed by atoms with Gasteiger partial charge in [0.25, 0.3) is 0 Å². The molecule has 0 radical (unpaired) electrons. The highest BCUT2D eigenvalue weighted by Crippen LogP contribution is 2.27. The Morgan fingerprint density at radius 2 is 2.24 bits per heavy atom. The molecule has 1 aliphatic heterocycles. The van der Waals surface area contributed by atoms with E-state index in [0.29, 0.717) is 6.04 Å². The summed E-state index contributed by atoms with van der Waals surface area (Å²) in [5.41, 5.74) is 2.46. The number of alkyl halides is 1. The predicted octanol–water partition coefficient (Wildman–Crippen LogP) is 3.10. The van der Waals surface area contributed by atoms with Crippen molar-refractivity contribution >= 4 is 31.9 Å². The minimum absolute atomic E-state index is 0.682. The molecule has 5 heteroatoms. The van der Waals surface area contributed by atoms with E-state index in [4.69, 9.17) is 0 Å². The summed E-state index contributed by atoms with van der Waals surface area (Å²) in [5, 5.41) is 5.63. The quantitative estimate of drug-likeness (QED) is 0.765. The molecule has 1 aliphatic rings. The second-order valence-electron chi connectivity index (χ2n) is 4.61. The van der Waals surface area contributed by atoms with Gasteiger partial charge in [0.2, 0.25) is 0 Å². The number of halogens is 2. The predicted molar refractivity (Wildman–Crippen MR) is 77.5 cm³/mol. The van der Waals surface area contributed by atoms with Crippen LogP contribution in [-0.2, 0) is 20.0 Å². The van der Waals surface area contributed by atoms with Crippen LogP contribution in [0, 0.1) is 0 Å². The molecule has 1 unspecified atom stereocenters. The molecule has 0 saturated carbocycles. The lowest BCUT2D eigenvalue weighted by molar-refractivity contribution is 0.257. The van der Waals surface area contributed by atoms with E-state index in [2.05, 4.69) is 48.8 Å². The first-order valence-corrected chi connectivity index (χ1v) is 8.09. The fraction of sp³-hybridized carbons (Fsp3) is 0.750. The van der Waals surface area contributed by atoms with Gasteiger partial charge >= 0.3 is 0 Å². The Labute approximate surface area is 120 Å². The zero-order valence-corrected chi connectivity index (χ0v) is 13.6. The molecule has 1 aromatic heterocycles. The van der Waals surface area contributed by atoms with Crippen LogP contribution in [0.5, 0.6) is 0 Å². The summed E-state index contributed by atoms with van der Waals surface area (Å²) < 4.78 is 3.22. The fourth-order valence-electron chi connectivity index (χ4n) is 2.46. The summed E-state index contributed by atoms with van der Waals surface area (Å²) in [6, 6.07) is 0.682. The summed E-state index contributed by atoms with van der Waals surface area (Å²) in [6.07, 6.45) is 3.60. The van der Waals surface area contributed by atoms with Gasteiger partial charge in [-0.3, -0.25) is 9.58 Å². The number of likely N-dealkylation sites (tertiary alicyclic amines) is 1. The lowest BCUT2D eigenvalue weighted by atomic mass is 10.2. The van der Waals surface area contributed by atoms with E-state index in [0.717, 1.165) is 24.0 Å². The summed E-state index contributed by atoms with van der Waals surface area (Å²) in [7, 11) is 2.04. The van der Waals surface area contributed by atoms with Crippen molar-refractivity contribution in [1.82, 2.24) is 14.7 Å². The third kappa shape index (κ3) is 2.76. The van der Waals surface area contributed by atoms with Gasteiger partial charge in [-0.1, -0.05) is 22.9 Å². The number of hydrogen-bond donors (Lipinski definition) is 0. The van der Waals surface area contributed by atoms with Crippen molar-refractivity contribution in [2.75, 3.05) is 11.9 Å². The van der Waals surface area contributed by atoms with Gasteiger partial charge in [0, 0.05) is 25.0 Å². The fourth-order valence-corrected chi connectivity index (χ4v) is 3.94. The van der Waals surface area contributed by atoms with E-state index in [1.807, 2.05) is 11.7 Å². The van der Waals surface area contributed by atoms with Crippen LogP contribution in [-0.4, -0.2) is 32.6 Å². The third-order valence-electron chi connectivity index (χ3n) is 3.53. The average molecular weight is 365 g/mol. The number of nitrogens with zero attached hydrogens (tertiary/aromatic N) is 3. The highest BCUT2D eigenvalue weighted by atomic mass is 79.9. The van der Waals surface area contributed by atoms with Gasteiger partial charge < -0.3 is 0 Å². The Kier molecular flexibility index (Phi) is 4.66. The van der Waals surface area contributed by atoms with Crippen molar-refractivity contribution in [2.24, 2.45) is 7.05 Å². The molecule has 0 amide bonds. The van der Waals surface area contributed by atoms with Crippen molar-refractivity contribution in [3.05, 3.63) is 15.9 Å². The lowest BCUT2D eigenvalue weighted by Crippen LogP contribution is -2.30. The maximum Gasteiger partial charge on any atom is 0.0767 e. The number of aryl methyl sites for hydroxylation is 2. The van der Waals surface area contributed by atoms with Crippen molar-refractivity contribution < 1.29 is 0 Å². The molecule has 0 bridgehead atoms. The SMILES string of the molecule is CCc1nn(C)c(CN2CCCC2CBr)c1Br. The molecular weight excluding hydrogens is 346 g/mol. The van der Waals surface area contributed by atoms with Crippen molar-refractivity contribution in [1.29, 1.82) is 0 Å². The molecule has 1 fully saturated rings. The highest BCUT2D eigenvalue weighted by molar-refractivity contribution is 9.10. The molecule has 0 spiro atoms. The maximum absolute atomic E-state index is 4.55. The van der Waals surface area contributed by atoms with Crippen LogP contribution < -0.4 is 0 Å². The monoisotopic (exact) mass is 363 g/mol. The molecule has 2 heterocycles. The van der Waals surface area contributed by atoms with Gasteiger partial charge in [0.1, 0.15) is 0 Å². The average Bonchev–Trinajstić information content (AvgIpc) is 2.88. The van der Waals surface area contributed by atoms with Gasteiger partial charge in [0.05, 0.1) is 15.9 Å². The van der Waals surface area contributed by atoms with Crippen LogP contribution in [0.4, 0.5) is 0 Å². The molecule has 17 heavy (non-hydrogen) atoms. The van der Waals surface area contributed by atoms with E-state index in [1.165, 1.54) is 29.6 Å². The Hall–Kier alpha value is 0.130. The largest absolute Gasteiger partial charge is 0.294 e. The van der Waals surface area contributed by atoms with Crippen LogP contribution in [0.1, 0.15) is 31.2 Å². The number of rotatable bonds is 4. The zero-order valence-electron chi connectivity index (χ0n) is 10.4. The van der Waals surface area contributed by atoms with Gasteiger partial charge in [-0.2, -0.15) is 5.10 Å². The standard InChI is InChI=1S/C12H19Br2N3/c1-3-10-12(14)11(16(2)15-10)8-17-6-4-5-9(17)7-13/h9H,3-8H2,1-2H3. The Morgan fingerprint density at radius 3 is 2.82 bits per heavy atom. The molecule has 3 nitrogen and oxygen atoms in total. The molecular formula is C12H19Br2N3. The van der Waals surface area contributed by atoms with Crippen molar-refractivity contribution in [2.45, 2.75) is 38.8 Å². The minimum atomic E-state index is 0.682. The van der Waals surface area contributed by atoms with Crippen LogP contribution >= 0.6 is 31.9 Å². The van der Waals surface area contributed by atoms with Crippen molar-refractivity contribution in [3.63, 3.8) is 0 Å². The number of hydrogen-bond acceptors (Lipinski definition) is 2. The first kappa shape index (κ1) is 13.6. The Morgan fingerprint density at radius 1 is 1.47 bits per heavy atom. The second-order valence-corrected chi connectivity index (χ2v) is 6.05. The maximum atomic E-state index is 4.55. The normalized spacial score (nSPS) is 21.3. The van der Waals surface area contributed by atoms with Gasteiger partial charge in [-0.05, 0) is 41.7 Å². The molecule has 96 valence electrons. The topological polar surface area (TPSA) is 21.1 Å². The molecule has 0 aromatic carbocycles. The first-order valence-electron chi connectivity index (χ1n) is 6.17. The summed E-state index contributed by atoms with van der Waals surface area (Å²) in [6.45, 7) is 4.35. The Bertz CT molecular complexity index is 389. The van der Waals surface area contributed by atoms with E-state index in [9.17, 15) is 0 Å². The smallest absolute Gasteiger partial charge is 0.0767 e. The Balaban J connectivity index is 2.15. The minimum Gasteiger partial charge on any atom is -0.294 e. The zero-order chi connectivity index (χ0) is 12.4. The molecule has 1 atom stereocenters. The van der Waals surface area contributed by atoms with E-state index in [1.54, 1.807) is 0 Å². The molecule has 0 aliphatic carbocycles. The molecule has 0 N–H and O–H groups in total.